The van der Waals surface area contributed by atoms with E-state index in [9.17, 15) is 14.0 Å². The highest BCUT2D eigenvalue weighted by Crippen LogP contribution is 2.23. The molecule has 0 radical (unpaired) electrons. The van der Waals surface area contributed by atoms with Gasteiger partial charge in [0.1, 0.15) is 5.82 Å². The molecule has 0 unspecified atom stereocenters. The summed E-state index contributed by atoms with van der Waals surface area (Å²) >= 11 is 0. The van der Waals surface area contributed by atoms with Crippen LogP contribution in [0.4, 0.5) is 15.8 Å². The molecule has 0 bridgehead atoms. The zero-order valence-electron chi connectivity index (χ0n) is 17.7. The number of benzene rings is 2. The minimum Gasteiger partial charge on any atom is -0.368 e. The van der Waals surface area contributed by atoms with Gasteiger partial charge in [-0.1, -0.05) is 12.1 Å². The number of anilines is 2. The van der Waals surface area contributed by atoms with Crippen molar-refractivity contribution in [1.29, 1.82) is 0 Å². The summed E-state index contributed by atoms with van der Waals surface area (Å²) in [5.74, 6) is -0.0568. The molecule has 0 spiro atoms. The molecule has 2 saturated heterocycles. The maximum absolute atomic E-state index is 14.0. The number of hydrogen-bond acceptors (Lipinski definition) is 4. The smallest absolute Gasteiger partial charge is 0.251 e. The summed E-state index contributed by atoms with van der Waals surface area (Å²) in [7, 11) is 0. The van der Waals surface area contributed by atoms with Gasteiger partial charge in [-0.2, -0.15) is 0 Å². The van der Waals surface area contributed by atoms with Crippen molar-refractivity contribution in [2.24, 2.45) is 0 Å². The topological polar surface area (TPSA) is 55.9 Å². The molecule has 0 saturated carbocycles. The van der Waals surface area contributed by atoms with Crippen molar-refractivity contribution >= 4 is 23.2 Å². The molecule has 2 aliphatic rings. The Labute approximate surface area is 182 Å². The second-order valence-electron chi connectivity index (χ2n) is 8.07. The number of nitrogens with one attached hydrogen (secondary N) is 1. The first kappa shape index (κ1) is 21.2. The Balaban J connectivity index is 1.23. The number of para-hydroxylation sites is 1. The molecule has 0 aliphatic carbocycles. The van der Waals surface area contributed by atoms with Gasteiger partial charge >= 0.3 is 0 Å². The second kappa shape index (κ2) is 9.81. The van der Waals surface area contributed by atoms with Crippen LogP contribution in [-0.4, -0.2) is 62.5 Å². The lowest BCUT2D eigenvalue weighted by molar-refractivity contribution is -0.127. The van der Waals surface area contributed by atoms with E-state index in [1.54, 1.807) is 6.07 Å². The zero-order chi connectivity index (χ0) is 21.6. The van der Waals surface area contributed by atoms with Crippen LogP contribution >= 0.6 is 0 Å². The van der Waals surface area contributed by atoms with E-state index < -0.39 is 0 Å². The van der Waals surface area contributed by atoms with Crippen molar-refractivity contribution in [1.82, 2.24) is 10.2 Å². The summed E-state index contributed by atoms with van der Waals surface area (Å²) < 4.78 is 14.0. The first-order valence-corrected chi connectivity index (χ1v) is 11.0. The third-order valence-corrected chi connectivity index (χ3v) is 6.03. The van der Waals surface area contributed by atoms with Crippen LogP contribution in [0.15, 0.2) is 48.5 Å². The van der Waals surface area contributed by atoms with E-state index in [1.165, 1.54) is 6.07 Å². The third-order valence-electron chi connectivity index (χ3n) is 6.03. The highest BCUT2D eigenvalue weighted by molar-refractivity contribution is 5.94. The van der Waals surface area contributed by atoms with E-state index >= 15 is 0 Å². The van der Waals surface area contributed by atoms with E-state index in [2.05, 4.69) is 15.1 Å². The van der Waals surface area contributed by atoms with Crippen molar-refractivity contribution in [3.63, 3.8) is 0 Å². The second-order valence-corrected chi connectivity index (χ2v) is 8.07. The molecule has 0 aromatic heterocycles. The SMILES string of the molecule is O=C(NCCCN1CCCC1=O)c1ccc(N2CCN(c3ccccc3F)CC2)cc1. The molecule has 164 valence electrons. The third kappa shape index (κ3) is 5.16. The molecule has 2 amide bonds. The summed E-state index contributed by atoms with van der Waals surface area (Å²) in [6, 6.07) is 14.5. The van der Waals surface area contributed by atoms with Crippen molar-refractivity contribution in [3.05, 3.63) is 59.9 Å². The molecule has 2 aliphatic heterocycles. The molecule has 4 rings (SSSR count). The van der Waals surface area contributed by atoms with Crippen molar-refractivity contribution in [2.45, 2.75) is 19.3 Å². The predicted molar refractivity (Wildman–Crippen MR) is 120 cm³/mol. The van der Waals surface area contributed by atoms with Gasteiger partial charge in [-0.3, -0.25) is 9.59 Å². The number of amides is 2. The number of nitrogens with zero attached hydrogens (tertiary/aromatic N) is 3. The number of rotatable bonds is 7. The summed E-state index contributed by atoms with van der Waals surface area (Å²) in [4.78, 5) is 30.2. The maximum atomic E-state index is 14.0. The van der Waals surface area contributed by atoms with E-state index in [0.29, 0.717) is 30.8 Å². The highest BCUT2D eigenvalue weighted by atomic mass is 19.1. The Bertz CT molecular complexity index is 910. The zero-order valence-corrected chi connectivity index (χ0v) is 17.7. The van der Waals surface area contributed by atoms with Crippen molar-refractivity contribution < 1.29 is 14.0 Å². The van der Waals surface area contributed by atoms with Crippen LogP contribution in [0.2, 0.25) is 0 Å². The number of halogens is 1. The predicted octanol–water partition coefficient (Wildman–Crippen LogP) is 2.89. The average molecular weight is 425 g/mol. The molecule has 2 fully saturated rings. The van der Waals surface area contributed by atoms with Gasteiger partial charge in [0.15, 0.2) is 0 Å². The number of hydrogen-bond donors (Lipinski definition) is 1. The molecule has 0 atom stereocenters. The fourth-order valence-corrected chi connectivity index (χ4v) is 4.25. The number of carbonyl (C=O) groups excluding carboxylic acids is 2. The molecular weight excluding hydrogens is 395 g/mol. The van der Waals surface area contributed by atoms with Crippen LogP contribution in [-0.2, 0) is 4.79 Å². The average Bonchev–Trinajstić information content (AvgIpc) is 3.22. The van der Waals surface area contributed by atoms with Gasteiger partial charge in [0.2, 0.25) is 5.91 Å². The fraction of sp³-hybridized carbons (Fsp3) is 0.417. The van der Waals surface area contributed by atoms with Crippen LogP contribution in [0.3, 0.4) is 0 Å². The van der Waals surface area contributed by atoms with Crippen LogP contribution < -0.4 is 15.1 Å². The quantitative estimate of drug-likeness (QED) is 0.695. The van der Waals surface area contributed by atoms with Crippen LogP contribution in [0.1, 0.15) is 29.6 Å². The number of piperazine rings is 1. The van der Waals surface area contributed by atoms with Crippen LogP contribution in [0.5, 0.6) is 0 Å². The van der Waals surface area contributed by atoms with E-state index in [4.69, 9.17) is 0 Å². The van der Waals surface area contributed by atoms with Gasteiger partial charge in [0, 0.05) is 63.5 Å². The van der Waals surface area contributed by atoms with Gasteiger partial charge in [-0.05, 0) is 49.2 Å². The lowest BCUT2D eigenvalue weighted by Gasteiger charge is -2.37. The Morgan fingerprint density at radius 2 is 1.65 bits per heavy atom. The minimum absolute atomic E-state index is 0.0938. The van der Waals surface area contributed by atoms with Crippen molar-refractivity contribution in [2.75, 3.05) is 55.6 Å². The van der Waals surface area contributed by atoms with Gasteiger partial charge < -0.3 is 20.0 Å². The molecule has 2 aromatic carbocycles. The summed E-state index contributed by atoms with van der Waals surface area (Å²) in [5.41, 5.74) is 2.35. The summed E-state index contributed by atoms with van der Waals surface area (Å²) in [6.45, 7) is 5.21. The molecule has 31 heavy (non-hydrogen) atoms. The van der Waals surface area contributed by atoms with Crippen LogP contribution in [0.25, 0.3) is 0 Å². The Morgan fingerprint density at radius 1 is 0.935 bits per heavy atom. The monoisotopic (exact) mass is 424 g/mol. The largest absolute Gasteiger partial charge is 0.368 e. The molecule has 7 heteroatoms. The minimum atomic E-state index is -0.182. The lowest BCUT2D eigenvalue weighted by atomic mass is 10.1. The highest BCUT2D eigenvalue weighted by Gasteiger charge is 2.20. The molecule has 2 heterocycles. The van der Waals surface area contributed by atoms with E-state index in [1.807, 2.05) is 41.3 Å². The van der Waals surface area contributed by atoms with E-state index in [-0.39, 0.29) is 17.6 Å². The van der Waals surface area contributed by atoms with Gasteiger partial charge in [-0.15, -0.1) is 0 Å². The standard InChI is InChI=1S/C24H29FN4O2/c25-21-5-1-2-6-22(21)28-17-15-27(16-18-28)20-10-8-19(9-11-20)24(31)26-12-4-14-29-13-3-7-23(29)30/h1-2,5-6,8-11H,3-4,7,12-18H2,(H,26,31). The Kier molecular flexibility index (Phi) is 6.70. The maximum Gasteiger partial charge on any atom is 0.251 e. The first-order valence-electron chi connectivity index (χ1n) is 11.0. The molecule has 6 nitrogen and oxygen atoms in total. The van der Waals surface area contributed by atoms with Gasteiger partial charge in [0.05, 0.1) is 5.69 Å². The van der Waals surface area contributed by atoms with E-state index in [0.717, 1.165) is 51.3 Å². The molecule has 1 N–H and O–H groups in total. The Hall–Kier alpha value is -3.09. The Morgan fingerprint density at radius 3 is 2.32 bits per heavy atom. The summed E-state index contributed by atoms with van der Waals surface area (Å²) in [5, 5.41) is 2.93. The normalized spacial score (nSPS) is 16.7. The number of likely N-dealkylation sites (tertiary alicyclic amines) is 1. The molecule has 2 aromatic rings. The van der Waals surface area contributed by atoms with Gasteiger partial charge in [-0.25, -0.2) is 4.39 Å². The first-order chi connectivity index (χ1) is 15.1. The van der Waals surface area contributed by atoms with Crippen molar-refractivity contribution in [3.8, 4) is 0 Å². The fourth-order valence-electron chi connectivity index (χ4n) is 4.25. The molecular formula is C24H29FN4O2. The number of carbonyl (C=O) groups is 2. The summed E-state index contributed by atoms with van der Waals surface area (Å²) in [6.07, 6.45) is 2.36. The van der Waals surface area contributed by atoms with Gasteiger partial charge in [0.25, 0.3) is 5.91 Å². The lowest BCUT2D eigenvalue weighted by Crippen LogP contribution is -2.46. The van der Waals surface area contributed by atoms with Crippen LogP contribution in [0, 0.1) is 5.82 Å².